The minimum absolute atomic E-state index is 0.0330. The second-order valence-corrected chi connectivity index (χ2v) is 7.18. The minimum Gasteiger partial charge on any atom is -0.447 e. The van der Waals surface area contributed by atoms with Gasteiger partial charge in [0.2, 0.25) is 5.09 Å². The van der Waals surface area contributed by atoms with Crippen molar-refractivity contribution >= 4 is 10.0 Å². The van der Waals surface area contributed by atoms with E-state index in [4.69, 9.17) is 4.42 Å². The summed E-state index contributed by atoms with van der Waals surface area (Å²) in [5.74, 6) is 0.639. The van der Waals surface area contributed by atoms with Crippen LogP contribution < -0.4 is 10.0 Å². The molecule has 1 aliphatic heterocycles. The molecule has 7 heteroatoms. The lowest BCUT2D eigenvalue weighted by Crippen LogP contribution is -2.32. The van der Waals surface area contributed by atoms with Crippen LogP contribution in [0, 0.1) is 0 Å². The Balaban J connectivity index is 1.71. The maximum Gasteiger partial charge on any atom is 0.273 e. The Morgan fingerprint density at radius 1 is 1.19 bits per heavy atom. The summed E-state index contributed by atoms with van der Waals surface area (Å²) in [5, 5.41) is 3.27. The van der Waals surface area contributed by atoms with Crippen molar-refractivity contribution in [2.45, 2.75) is 37.3 Å². The van der Waals surface area contributed by atoms with Gasteiger partial charge in [-0.05, 0) is 45.1 Å². The van der Waals surface area contributed by atoms with Crippen LogP contribution in [0.2, 0.25) is 0 Å². The van der Waals surface area contributed by atoms with Gasteiger partial charge in [-0.3, -0.25) is 0 Å². The van der Waals surface area contributed by atoms with E-state index in [1.165, 1.54) is 51.9 Å². The molecule has 1 aliphatic rings. The van der Waals surface area contributed by atoms with Crippen LogP contribution in [0.3, 0.4) is 0 Å². The van der Waals surface area contributed by atoms with Crippen LogP contribution in [0.25, 0.3) is 0 Å². The van der Waals surface area contributed by atoms with Crippen LogP contribution in [0.15, 0.2) is 21.6 Å². The van der Waals surface area contributed by atoms with E-state index in [1.54, 1.807) is 6.07 Å². The molecule has 0 bridgehead atoms. The molecule has 1 aromatic heterocycles. The molecule has 0 aromatic carbocycles. The van der Waals surface area contributed by atoms with Crippen molar-refractivity contribution in [2.75, 3.05) is 33.2 Å². The largest absolute Gasteiger partial charge is 0.447 e. The molecule has 0 spiro atoms. The Morgan fingerprint density at radius 2 is 1.90 bits per heavy atom. The van der Waals surface area contributed by atoms with Gasteiger partial charge in [-0.15, -0.1) is 0 Å². The molecule has 1 aromatic rings. The summed E-state index contributed by atoms with van der Waals surface area (Å²) in [6, 6.07) is 3.18. The fourth-order valence-corrected chi connectivity index (χ4v) is 3.17. The molecule has 2 heterocycles. The lowest BCUT2D eigenvalue weighted by atomic mass is 10.2. The number of hydrogen-bond acceptors (Lipinski definition) is 5. The number of sulfonamides is 1. The Labute approximate surface area is 126 Å². The van der Waals surface area contributed by atoms with Gasteiger partial charge in [0.25, 0.3) is 10.0 Å². The van der Waals surface area contributed by atoms with E-state index >= 15 is 0 Å². The second kappa shape index (κ2) is 7.93. The highest BCUT2D eigenvalue weighted by atomic mass is 32.2. The van der Waals surface area contributed by atoms with Gasteiger partial charge in [0.05, 0.1) is 6.54 Å². The monoisotopic (exact) mass is 315 g/mol. The zero-order valence-electron chi connectivity index (χ0n) is 12.6. The van der Waals surface area contributed by atoms with Gasteiger partial charge in [0.15, 0.2) is 0 Å². The van der Waals surface area contributed by atoms with E-state index in [-0.39, 0.29) is 5.09 Å². The molecule has 2 rings (SSSR count). The summed E-state index contributed by atoms with van der Waals surface area (Å²) < 4.78 is 30.7. The van der Waals surface area contributed by atoms with Crippen molar-refractivity contribution in [3.8, 4) is 0 Å². The predicted molar refractivity (Wildman–Crippen MR) is 81.6 cm³/mol. The molecule has 0 radical (unpaired) electrons. The Morgan fingerprint density at radius 3 is 2.57 bits per heavy atom. The van der Waals surface area contributed by atoms with Gasteiger partial charge in [-0.25, -0.2) is 13.1 Å². The average Bonchev–Trinajstić information content (AvgIpc) is 2.81. The van der Waals surface area contributed by atoms with Crippen molar-refractivity contribution in [3.63, 3.8) is 0 Å². The maximum atomic E-state index is 11.6. The highest BCUT2D eigenvalue weighted by molar-refractivity contribution is 7.89. The van der Waals surface area contributed by atoms with E-state index in [0.29, 0.717) is 12.3 Å². The number of hydrogen-bond donors (Lipinski definition) is 2. The molecule has 0 unspecified atom stereocenters. The summed E-state index contributed by atoms with van der Waals surface area (Å²) in [5.41, 5.74) is 0. The van der Waals surface area contributed by atoms with Crippen LogP contribution in [-0.2, 0) is 16.6 Å². The highest BCUT2D eigenvalue weighted by Crippen LogP contribution is 2.13. The summed E-state index contributed by atoms with van der Waals surface area (Å²) in [6.07, 6.45) is 5.28. The summed E-state index contributed by atoms with van der Waals surface area (Å²) in [7, 11) is -2.11. The fourth-order valence-electron chi connectivity index (χ4n) is 2.51. The summed E-state index contributed by atoms with van der Waals surface area (Å²) in [6.45, 7) is 4.84. The van der Waals surface area contributed by atoms with Crippen molar-refractivity contribution in [2.24, 2.45) is 0 Å². The number of furan rings is 1. The predicted octanol–water partition coefficient (Wildman–Crippen LogP) is 1.15. The first kappa shape index (κ1) is 16.5. The molecule has 6 nitrogen and oxygen atoms in total. The number of likely N-dealkylation sites (tertiary alicyclic amines) is 1. The van der Waals surface area contributed by atoms with Crippen LogP contribution in [-0.4, -0.2) is 46.5 Å². The maximum absolute atomic E-state index is 11.6. The van der Waals surface area contributed by atoms with Crippen LogP contribution in [0.5, 0.6) is 0 Å². The Hall–Kier alpha value is -0.890. The van der Waals surface area contributed by atoms with Crippen molar-refractivity contribution in [3.05, 3.63) is 17.9 Å². The molecule has 0 atom stereocenters. The first-order chi connectivity index (χ1) is 10.1. The third-order valence-corrected chi connectivity index (χ3v) is 5.06. The number of rotatable bonds is 7. The molecule has 1 saturated heterocycles. The summed E-state index contributed by atoms with van der Waals surface area (Å²) >= 11 is 0. The Kier molecular flexibility index (Phi) is 6.22. The molecule has 0 saturated carbocycles. The molecule has 0 amide bonds. The Bertz CT molecular complexity index is 519. The average molecular weight is 315 g/mol. The van der Waals surface area contributed by atoms with E-state index in [1.807, 2.05) is 0 Å². The van der Waals surface area contributed by atoms with Gasteiger partial charge in [-0.1, -0.05) is 12.8 Å². The highest BCUT2D eigenvalue weighted by Gasteiger charge is 2.16. The van der Waals surface area contributed by atoms with Crippen LogP contribution in [0.4, 0.5) is 0 Å². The molecular formula is C14H25N3O3S. The zero-order chi connectivity index (χ0) is 15.1. The third kappa shape index (κ3) is 5.10. The van der Waals surface area contributed by atoms with Gasteiger partial charge in [0.1, 0.15) is 5.76 Å². The molecule has 120 valence electrons. The molecule has 1 fully saturated rings. The molecule has 2 N–H and O–H groups in total. The van der Waals surface area contributed by atoms with E-state index in [2.05, 4.69) is 14.9 Å². The van der Waals surface area contributed by atoms with Gasteiger partial charge < -0.3 is 14.6 Å². The van der Waals surface area contributed by atoms with Crippen molar-refractivity contribution in [1.29, 1.82) is 0 Å². The topological polar surface area (TPSA) is 74.6 Å². The SMILES string of the molecule is CNS(=O)(=O)c1ccc(CNCCN2CCCCCC2)o1. The first-order valence-electron chi connectivity index (χ1n) is 7.57. The van der Waals surface area contributed by atoms with Crippen LogP contribution >= 0.6 is 0 Å². The lowest BCUT2D eigenvalue weighted by Gasteiger charge is -2.19. The van der Waals surface area contributed by atoms with Crippen LogP contribution in [0.1, 0.15) is 31.4 Å². The van der Waals surface area contributed by atoms with Gasteiger partial charge in [0, 0.05) is 13.1 Å². The van der Waals surface area contributed by atoms with Gasteiger partial charge >= 0.3 is 0 Å². The fraction of sp³-hybridized carbons (Fsp3) is 0.714. The van der Waals surface area contributed by atoms with E-state index in [0.717, 1.165) is 13.1 Å². The molecule has 0 aliphatic carbocycles. The normalized spacial score (nSPS) is 17.8. The van der Waals surface area contributed by atoms with Crippen molar-refractivity contribution < 1.29 is 12.8 Å². The number of nitrogens with one attached hydrogen (secondary N) is 2. The molecular weight excluding hydrogens is 290 g/mol. The van der Waals surface area contributed by atoms with E-state index < -0.39 is 10.0 Å². The quantitative estimate of drug-likeness (QED) is 0.739. The van der Waals surface area contributed by atoms with E-state index in [9.17, 15) is 8.42 Å². The van der Waals surface area contributed by atoms with Gasteiger partial charge in [-0.2, -0.15) is 0 Å². The van der Waals surface area contributed by atoms with Crippen molar-refractivity contribution in [1.82, 2.24) is 14.9 Å². The third-order valence-electron chi connectivity index (χ3n) is 3.77. The minimum atomic E-state index is -3.48. The molecule has 21 heavy (non-hydrogen) atoms. The smallest absolute Gasteiger partial charge is 0.273 e. The summed E-state index contributed by atoms with van der Waals surface area (Å²) in [4.78, 5) is 2.49. The number of nitrogens with zero attached hydrogens (tertiary/aromatic N) is 1. The second-order valence-electron chi connectivity index (χ2n) is 5.36. The standard InChI is InChI=1S/C14H25N3O3S/c1-15-21(18,19)14-7-6-13(20-14)12-16-8-11-17-9-4-2-3-5-10-17/h6-7,15-16H,2-5,8-12H2,1H3. The zero-order valence-corrected chi connectivity index (χ0v) is 13.4. The lowest BCUT2D eigenvalue weighted by molar-refractivity contribution is 0.282. The first-order valence-corrected chi connectivity index (χ1v) is 9.05.